The maximum atomic E-state index is 14.0. The van der Waals surface area contributed by atoms with Crippen LogP contribution in [0.25, 0.3) is 0 Å². The number of ether oxygens (including phenoxy) is 1. The highest BCUT2D eigenvalue weighted by Crippen LogP contribution is 2.41. The van der Waals surface area contributed by atoms with Crippen molar-refractivity contribution in [3.05, 3.63) is 118 Å². The number of carboxylic acid groups (broad SMARTS) is 1. The number of nitrogens with zero attached hydrogens (tertiary/aromatic N) is 4. The van der Waals surface area contributed by atoms with Gasteiger partial charge in [-0.15, -0.1) is 0 Å². The van der Waals surface area contributed by atoms with Crippen LogP contribution in [0.3, 0.4) is 0 Å². The summed E-state index contributed by atoms with van der Waals surface area (Å²) in [5.74, 6) is -1.94. The first-order chi connectivity index (χ1) is 20.6. The lowest BCUT2D eigenvalue weighted by Crippen LogP contribution is -2.43. The minimum Gasteiger partial charge on any atom is -0.481 e. The molecule has 10 heteroatoms. The van der Waals surface area contributed by atoms with Gasteiger partial charge in [-0.05, 0) is 97.9 Å². The van der Waals surface area contributed by atoms with E-state index < -0.39 is 16.8 Å². The van der Waals surface area contributed by atoms with Gasteiger partial charge in [-0.25, -0.2) is 28.7 Å². The summed E-state index contributed by atoms with van der Waals surface area (Å²) in [7, 11) is 1.37. The molecule has 0 fully saturated rings. The Morgan fingerprint density at radius 3 is 1.74 bits per heavy atom. The van der Waals surface area contributed by atoms with Crippen molar-refractivity contribution in [3.8, 4) is 0 Å². The number of aryl methyl sites for hydroxylation is 2. The maximum absolute atomic E-state index is 14.0. The van der Waals surface area contributed by atoms with Gasteiger partial charge in [0.05, 0.1) is 17.9 Å². The molecule has 8 nitrogen and oxygen atoms in total. The van der Waals surface area contributed by atoms with Gasteiger partial charge in [0.15, 0.2) is 0 Å². The van der Waals surface area contributed by atoms with Gasteiger partial charge in [-0.3, -0.25) is 9.59 Å². The van der Waals surface area contributed by atoms with Crippen LogP contribution in [-0.2, 0) is 50.8 Å². The van der Waals surface area contributed by atoms with E-state index in [-0.39, 0.29) is 17.6 Å². The number of carbonyl (C=O) groups excluding carboxylic acids is 1. The highest BCUT2D eigenvalue weighted by atomic mass is 19.1. The second-order valence-corrected chi connectivity index (χ2v) is 11.1. The van der Waals surface area contributed by atoms with Crippen molar-refractivity contribution >= 4 is 11.9 Å². The molecule has 0 spiro atoms. The number of carboxylic acids is 1. The van der Waals surface area contributed by atoms with E-state index in [4.69, 9.17) is 4.74 Å². The number of benzene rings is 2. The van der Waals surface area contributed by atoms with Crippen LogP contribution in [-0.4, -0.2) is 44.1 Å². The molecule has 2 unspecified atom stereocenters. The van der Waals surface area contributed by atoms with Crippen LogP contribution >= 0.6 is 0 Å². The topological polar surface area (TPSA) is 115 Å². The fourth-order valence-electron chi connectivity index (χ4n) is 6.49. The number of methoxy groups -OCH3 is 1. The Hall–Kier alpha value is -4.60. The van der Waals surface area contributed by atoms with Crippen LogP contribution in [0.4, 0.5) is 8.78 Å². The lowest BCUT2D eigenvalue weighted by atomic mass is 9.67. The van der Waals surface area contributed by atoms with E-state index in [1.165, 1.54) is 31.9 Å². The molecule has 0 bridgehead atoms. The fraction of sp³-hybridized carbons (Fsp3) is 0.333. The zero-order chi connectivity index (χ0) is 30.8. The van der Waals surface area contributed by atoms with Crippen LogP contribution in [0.5, 0.6) is 0 Å². The van der Waals surface area contributed by atoms with Crippen molar-refractivity contribution < 1.29 is 28.2 Å². The molecule has 1 N–H and O–H groups in total. The summed E-state index contributed by atoms with van der Waals surface area (Å²) in [6.07, 6.45) is 9.26. The summed E-state index contributed by atoms with van der Waals surface area (Å²) in [6.45, 7) is 3.33. The van der Waals surface area contributed by atoms with Crippen LogP contribution in [0, 0.1) is 25.5 Å². The smallest absolute Gasteiger partial charge is 0.316 e. The van der Waals surface area contributed by atoms with Gasteiger partial charge in [0.2, 0.25) is 0 Å². The largest absolute Gasteiger partial charge is 0.481 e. The van der Waals surface area contributed by atoms with Gasteiger partial charge in [-0.2, -0.15) is 0 Å². The second-order valence-electron chi connectivity index (χ2n) is 11.1. The summed E-state index contributed by atoms with van der Waals surface area (Å²) < 4.78 is 32.9. The van der Waals surface area contributed by atoms with Crippen molar-refractivity contribution in [1.29, 1.82) is 0 Å². The molecule has 0 saturated heterocycles. The summed E-state index contributed by atoms with van der Waals surface area (Å²) in [5, 5.41) is 9.82. The Bertz CT molecular complexity index is 1700. The van der Waals surface area contributed by atoms with Crippen molar-refractivity contribution in [2.45, 2.75) is 63.2 Å². The Morgan fingerprint density at radius 1 is 0.791 bits per heavy atom. The average Bonchev–Trinajstić information content (AvgIpc) is 3.03. The van der Waals surface area contributed by atoms with Crippen molar-refractivity contribution in [1.82, 2.24) is 19.9 Å². The highest BCUT2D eigenvalue weighted by molar-refractivity contribution is 5.85. The third-order valence-electron chi connectivity index (χ3n) is 8.88. The molecular formula is C33H32F2N4O4. The molecule has 2 aliphatic carbocycles. The van der Waals surface area contributed by atoms with Crippen molar-refractivity contribution in [2.75, 3.05) is 7.11 Å². The van der Waals surface area contributed by atoms with Gasteiger partial charge in [-0.1, -0.05) is 24.3 Å². The maximum Gasteiger partial charge on any atom is 0.316 e. The van der Waals surface area contributed by atoms with Crippen molar-refractivity contribution in [3.63, 3.8) is 0 Å². The monoisotopic (exact) mass is 586 g/mol. The molecule has 2 heterocycles. The van der Waals surface area contributed by atoms with Crippen LogP contribution in [0.1, 0.15) is 57.6 Å². The molecule has 6 rings (SSSR count). The van der Waals surface area contributed by atoms with Gasteiger partial charge < -0.3 is 9.84 Å². The third kappa shape index (κ3) is 5.37. The molecular weight excluding hydrogens is 554 g/mol. The number of hydrogen-bond donors (Lipinski definition) is 1. The number of aliphatic carboxylic acids is 1. The highest BCUT2D eigenvalue weighted by Gasteiger charge is 2.46. The Labute approximate surface area is 248 Å². The van der Waals surface area contributed by atoms with Gasteiger partial charge in [0.25, 0.3) is 0 Å². The molecule has 0 aliphatic heterocycles. The van der Waals surface area contributed by atoms with Gasteiger partial charge in [0.1, 0.15) is 24.3 Å². The molecule has 0 saturated carbocycles. The summed E-state index contributed by atoms with van der Waals surface area (Å²) in [5.41, 5.74) is 3.73. The van der Waals surface area contributed by atoms with E-state index in [0.29, 0.717) is 60.8 Å². The first kappa shape index (κ1) is 29.9. The molecule has 4 aromatic rings. The predicted molar refractivity (Wildman–Crippen MR) is 153 cm³/mol. The first-order valence-electron chi connectivity index (χ1n) is 14.0. The lowest BCUT2D eigenvalue weighted by Gasteiger charge is -2.36. The van der Waals surface area contributed by atoms with E-state index >= 15 is 0 Å². The van der Waals surface area contributed by atoms with E-state index in [9.17, 15) is 23.5 Å². The van der Waals surface area contributed by atoms with Crippen molar-refractivity contribution in [2.24, 2.45) is 0 Å². The standard InChI is InChI=1S/C17H17FN2O2.C16H15FN2O2/c1-11-13(4-3-5-14(11)18)17(16(21)22-2)7-6-15-12(8-17)9-19-10-20-15;1-10-12(3-2-4-13(10)17)16(15(20)21)6-5-14-11(7-16)8-18-9-19-14/h3-5,9-10H,6-8H2,1-2H3;2-4,8-9H,5-7H2,1H3,(H,20,21). The number of hydrogen-bond acceptors (Lipinski definition) is 7. The zero-order valence-electron chi connectivity index (χ0n) is 24.2. The van der Waals surface area contributed by atoms with E-state index in [1.54, 1.807) is 44.4 Å². The lowest BCUT2D eigenvalue weighted by molar-refractivity contribution is -0.148. The summed E-state index contributed by atoms with van der Waals surface area (Å²) in [6, 6.07) is 9.49. The summed E-state index contributed by atoms with van der Waals surface area (Å²) >= 11 is 0. The third-order valence-corrected chi connectivity index (χ3v) is 8.88. The number of aromatic nitrogens is 4. The normalized spacial score (nSPS) is 20.6. The number of esters is 1. The molecule has 0 radical (unpaired) electrons. The number of fused-ring (bicyclic) bond motifs is 2. The fourth-order valence-corrected chi connectivity index (χ4v) is 6.49. The van der Waals surface area contributed by atoms with Crippen LogP contribution in [0.15, 0.2) is 61.4 Å². The molecule has 2 aromatic carbocycles. The van der Waals surface area contributed by atoms with Crippen LogP contribution in [0.2, 0.25) is 0 Å². The van der Waals surface area contributed by atoms with E-state index in [2.05, 4.69) is 19.9 Å². The predicted octanol–water partition coefficient (Wildman–Crippen LogP) is 4.96. The average molecular weight is 587 g/mol. The van der Waals surface area contributed by atoms with E-state index in [1.807, 2.05) is 6.07 Å². The summed E-state index contributed by atoms with van der Waals surface area (Å²) in [4.78, 5) is 41.1. The Kier molecular flexibility index (Phi) is 8.30. The first-order valence-corrected chi connectivity index (χ1v) is 14.0. The Morgan fingerprint density at radius 2 is 1.26 bits per heavy atom. The molecule has 2 atom stereocenters. The number of halogens is 2. The number of carbonyl (C=O) groups is 2. The molecule has 222 valence electrons. The second kappa shape index (κ2) is 11.9. The van der Waals surface area contributed by atoms with Crippen LogP contribution < -0.4 is 0 Å². The Balaban J connectivity index is 0.000000171. The molecule has 2 aliphatic rings. The van der Waals surface area contributed by atoms with Gasteiger partial charge in [0, 0.05) is 23.8 Å². The quantitative estimate of drug-likeness (QED) is 0.334. The molecule has 43 heavy (non-hydrogen) atoms. The molecule has 0 amide bonds. The van der Waals surface area contributed by atoms with E-state index in [0.717, 1.165) is 22.5 Å². The minimum atomic E-state index is -1.11. The number of rotatable bonds is 4. The minimum absolute atomic E-state index is 0.294. The van der Waals surface area contributed by atoms with Gasteiger partial charge >= 0.3 is 11.9 Å². The zero-order valence-corrected chi connectivity index (χ0v) is 24.2. The molecule has 2 aromatic heterocycles. The SMILES string of the molecule is COC(=O)C1(c2cccc(F)c2C)CCc2ncncc2C1.Cc1c(F)cccc1C1(C(=O)O)CCc2ncncc2C1.